The number of carbonyl (C=O) groups excluding carboxylic acids is 2. The van der Waals surface area contributed by atoms with Crippen molar-refractivity contribution < 1.29 is 18.8 Å². The van der Waals surface area contributed by atoms with Gasteiger partial charge in [0.05, 0.1) is 5.69 Å². The fourth-order valence-electron chi connectivity index (χ4n) is 2.91. The molecule has 120 valence electrons. The van der Waals surface area contributed by atoms with Crippen molar-refractivity contribution in [2.45, 2.75) is 6.10 Å². The van der Waals surface area contributed by atoms with Gasteiger partial charge in [-0.3, -0.25) is 9.59 Å². The Balaban J connectivity index is 1.71. The molecule has 0 bridgehead atoms. The van der Waals surface area contributed by atoms with Gasteiger partial charge in [0.25, 0.3) is 5.91 Å². The number of hydrogen-bond donors (Lipinski definition) is 0. The van der Waals surface area contributed by atoms with Crippen molar-refractivity contribution in [3.05, 3.63) is 64.4 Å². The smallest absolute Gasteiger partial charge is 0.278 e. The van der Waals surface area contributed by atoms with Crippen LogP contribution in [0.3, 0.4) is 0 Å². The second kappa shape index (κ2) is 5.52. The van der Waals surface area contributed by atoms with Gasteiger partial charge in [0, 0.05) is 10.0 Å². The molecular weight excluding hydrogens is 379 g/mol. The minimum absolute atomic E-state index is 0.343. The molecule has 0 aliphatic carbocycles. The Morgan fingerprint density at radius 1 is 1.08 bits per heavy atom. The van der Waals surface area contributed by atoms with Gasteiger partial charge in [-0.1, -0.05) is 39.3 Å². The Morgan fingerprint density at radius 2 is 1.83 bits per heavy atom. The van der Waals surface area contributed by atoms with Crippen molar-refractivity contribution in [3.8, 4) is 0 Å². The van der Waals surface area contributed by atoms with E-state index in [0.29, 0.717) is 17.0 Å². The predicted octanol–water partition coefficient (Wildman–Crippen LogP) is 2.88. The molecule has 0 N–H and O–H groups in total. The molecule has 2 aromatic carbocycles. The Bertz CT molecular complexity index is 882. The summed E-state index contributed by atoms with van der Waals surface area (Å²) in [6.45, 7) is 0. The van der Waals surface area contributed by atoms with E-state index in [0.717, 1.165) is 9.37 Å². The van der Waals surface area contributed by atoms with Crippen molar-refractivity contribution in [1.29, 1.82) is 0 Å². The predicted molar refractivity (Wildman–Crippen MR) is 87.9 cm³/mol. The first kappa shape index (κ1) is 15.0. The van der Waals surface area contributed by atoms with E-state index in [-0.39, 0.29) is 5.82 Å². The van der Waals surface area contributed by atoms with Gasteiger partial charge in [0.1, 0.15) is 17.4 Å². The molecule has 0 spiro atoms. The summed E-state index contributed by atoms with van der Waals surface area (Å²) < 4.78 is 13.9. The van der Waals surface area contributed by atoms with Gasteiger partial charge in [0.2, 0.25) is 12.0 Å². The second-order valence-corrected chi connectivity index (χ2v) is 6.39. The number of hydrogen-bond acceptors (Lipinski definition) is 4. The number of benzene rings is 2. The van der Waals surface area contributed by atoms with Crippen LogP contribution in [-0.4, -0.2) is 23.6 Å². The molecule has 2 aliphatic heterocycles. The average Bonchev–Trinajstić information content (AvgIpc) is 3.09. The molecule has 7 heteroatoms. The summed E-state index contributed by atoms with van der Waals surface area (Å²) in [5.41, 5.74) is 1.37. The first-order valence-corrected chi connectivity index (χ1v) is 7.98. The van der Waals surface area contributed by atoms with Crippen molar-refractivity contribution in [3.63, 3.8) is 0 Å². The zero-order valence-corrected chi connectivity index (χ0v) is 13.7. The van der Waals surface area contributed by atoms with Crippen LogP contribution in [0.1, 0.15) is 5.56 Å². The third-order valence-electron chi connectivity index (χ3n) is 4.02. The SMILES string of the molecule is O=C1C2ON=C(c3ccc(F)cc3)C2C(=O)N1c1cccc(Br)c1. The molecule has 4 rings (SSSR count). The summed E-state index contributed by atoms with van der Waals surface area (Å²) in [5.74, 6) is -2.06. The van der Waals surface area contributed by atoms with Crippen LogP contribution in [0.15, 0.2) is 58.2 Å². The first-order valence-electron chi connectivity index (χ1n) is 7.19. The Kier molecular flexibility index (Phi) is 3.45. The maximum absolute atomic E-state index is 13.1. The number of carbonyl (C=O) groups is 2. The summed E-state index contributed by atoms with van der Waals surface area (Å²) in [5, 5.41) is 3.88. The van der Waals surface area contributed by atoms with Gasteiger partial charge < -0.3 is 4.84 Å². The molecular formula is C17H10BrFN2O3. The van der Waals surface area contributed by atoms with Gasteiger partial charge in [-0.25, -0.2) is 9.29 Å². The normalized spacial score (nSPS) is 22.4. The van der Waals surface area contributed by atoms with E-state index in [1.54, 1.807) is 24.3 Å². The molecule has 5 nitrogen and oxygen atoms in total. The van der Waals surface area contributed by atoms with Crippen LogP contribution < -0.4 is 4.90 Å². The molecule has 0 saturated carbocycles. The maximum atomic E-state index is 13.1. The number of imide groups is 1. The highest BCUT2D eigenvalue weighted by Crippen LogP contribution is 2.35. The van der Waals surface area contributed by atoms with Crippen LogP contribution in [0.25, 0.3) is 0 Å². The summed E-state index contributed by atoms with van der Waals surface area (Å²) >= 11 is 3.33. The standard InChI is InChI=1S/C17H10BrFN2O3/c18-10-2-1-3-12(8-10)21-16(22)13-14(20-24-15(13)17(21)23)9-4-6-11(19)7-5-9/h1-8,13,15H. The summed E-state index contributed by atoms with van der Waals surface area (Å²) in [7, 11) is 0. The summed E-state index contributed by atoms with van der Waals surface area (Å²) in [4.78, 5) is 31.7. The van der Waals surface area contributed by atoms with E-state index in [4.69, 9.17) is 4.84 Å². The molecule has 0 radical (unpaired) electrons. The van der Waals surface area contributed by atoms with Crippen LogP contribution >= 0.6 is 15.9 Å². The van der Waals surface area contributed by atoms with Gasteiger partial charge in [-0.05, 0) is 30.3 Å². The third kappa shape index (κ3) is 2.24. The number of nitrogens with zero attached hydrogens (tertiary/aromatic N) is 2. The maximum Gasteiger partial charge on any atom is 0.278 e. The Hall–Kier alpha value is -2.54. The quantitative estimate of drug-likeness (QED) is 0.743. The molecule has 2 aliphatic rings. The lowest BCUT2D eigenvalue weighted by molar-refractivity contribution is -0.126. The van der Waals surface area contributed by atoms with Gasteiger partial charge in [-0.15, -0.1) is 0 Å². The van der Waals surface area contributed by atoms with Crippen molar-refractivity contribution in [2.24, 2.45) is 11.1 Å². The number of rotatable bonds is 2. The Morgan fingerprint density at radius 3 is 2.54 bits per heavy atom. The third-order valence-corrected chi connectivity index (χ3v) is 4.51. The van der Waals surface area contributed by atoms with E-state index in [2.05, 4.69) is 21.1 Å². The fourth-order valence-corrected chi connectivity index (χ4v) is 3.29. The van der Waals surface area contributed by atoms with Gasteiger partial charge >= 0.3 is 0 Å². The molecule has 2 heterocycles. The lowest BCUT2D eigenvalue weighted by atomic mass is 9.94. The lowest BCUT2D eigenvalue weighted by Gasteiger charge is -2.15. The van der Waals surface area contributed by atoms with E-state index >= 15 is 0 Å². The van der Waals surface area contributed by atoms with Crippen LogP contribution in [0, 0.1) is 11.7 Å². The number of oxime groups is 1. The summed E-state index contributed by atoms with van der Waals surface area (Å²) in [6.07, 6.45) is -0.975. The average molecular weight is 389 g/mol. The molecule has 2 aromatic rings. The first-order chi connectivity index (χ1) is 11.6. The van der Waals surface area contributed by atoms with Crippen LogP contribution in [0.5, 0.6) is 0 Å². The number of halogens is 2. The Labute approximate surface area is 144 Å². The van der Waals surface area contributed by atoms with Gasteiger partial charge in [-0.2, -0.15) is 0 Å². The lowest BCUT2D eigenvalue weighted by Crippen LogP contribution is -2.33. The van der Waals surface area contributed by atoms with E-state index in [1.165, 1.54) is 24.3 Å². The van der Waals surface area contributed by atoms with Crippen molar-refractivity contribution >= 4 is 39.1 Å². The highest BCUT2D eigenvalue weighted by atomic mass is 79.9. The van der Waals surface area contributed by atoms with E-state index in [1.807, 2.05) is 0 Å². The summed E-state index contributed by atoms with van der Waals surface area (Å²) in [6, 6.07) is 12.5. The second-order valence-electron chi connectivity index (χ2n) is 5.48. The minimum Gasteiger partial charge on any atom is -0.381 e. The largest absolute Gasteiger partial charge is 0.381 e. The minimum atomic E-state index is -0.975. The van der Waals surface area contributed by atoms with Crippen molar-refractivity contribution in [1.82, 2.24) is 0 Å². The number of anilines is 1. The highest BCUT2D eigenvalue weighted by molar-refractivity contribution is 9.10. The van der Waals surface area contributed by atoms with Gasteiger partial charge in [0.15, 0.2) is 0 Å². The van der Waals surface area contributed by atoms with E-state index in [9.17, 15) is 14.0 Å². The zero-order chi connectivity index (χ0) is 16.8. The van der Waals surface area contributed by atoms with Crippen LogP contribution in [0.4, 0.5) is 10.1 Å². The molecule has 2 unspecified atom stereocenters. The van der Waals surface area contributed by atoms with Crippen LogP contribution in [0.2, 0.25) is 0 Å². The molecule has 1 fully saturated rings. The molecule has 0 aromatic heterocycles. The molecule has 1 saturated heterocycles. The highest BCUT2D eigenvalue weighted by Gasteiger charge is 2.56. The monoisotopic (exact) mass is 388 g/mol. The zero-order valence-electron chi connectivity index (χ0n) is 12.1. The van der Waals surface area contributed by atoms with Crippen molar-refractivity contribution in [2.75, 3.05) is 4.90 Å². The molecule has 24 heavy (non-hydrogen) atoms. The molecule has 2 atom stereocenters. The number of fused-ring (bicyclic) bond motifs is 1. The van der Waals surface area contributed by atoms with Crippen LogP contribution in [-0.2, 0) is 14.4 Å². The number of amides is 2. The fraction of sp³-hybridized carbons (Fsp3) is 0.118. The molecule has 2 amide bonds. The topological polar surface area (TPSA) is 59.0 Å². The van der Waals surface area contributed by atoms with E-state index < -0.39 is 23.8 Å².